The second-order valence-electron chi connectivity index (χ2n) is 4.82. The molecule has 0 aliphatic carbocycles. The Morgan fingerprint density at radius 2 is 2.00 bits per heavy atom. The van der Waals surface area contributed by atoms with Crippen LogP contribution in [0.2, 0.25) is 0 Å². The summed E-state index contributed by atoms with van der Waals surface area (Å²) < 4.78 is 0. The van der Waals surface area contributed by atoms with E-state index in [9.17, 15) is 0 Å². The third-order valence-corrected chi connectivity index (χ3v) is 3.44. The van der Waals surface area contributed by atoms with Gasteiger partial charge in [-0.05, 0) is 63.0 Å². The van der Waals surface area contributed by atoms with E-state index in [0.717, 1.165) is 12.1 Å². The minimum absolute atomic E-state index is 0.778. The smallest absolute Gasteiger partial charge is 0.0604 e. The van der Waals surface area contributed by atoms with E-state index >= 15 is 0 Å². The second-order valence-corrected chi connectivity index (χ2v) is 4.82. The maximum Gasteiger partial charge on any atom is 0.0604 e. The lowest BCUT2D eigenvalue weighted by Crippen LogP contribution is -2.30. The lowest BCUT2D eigenvalue weighted by Gasteiger charge is -2.26. The number of aryl methyl sites for hydroxylation is 1. The Hall–Kier alpha value is -1.06. The summed E-state index contributed by atoms with van der Waals surface area (Å²) in [6.07, 6.45) is 6.43. The largest absolute Gasteiger partial charge is 0.303 e. The van der Waals surface area contributed by atoms with Gasteiger partial charge in [-0.25, -0.2) is 0 Å². The first-order valence-corrected chi connectivity index (χ1v) is 6.60. The average Bonchev–Trinajstić information content (AvgIpc) is 2.40. The van der Waals surface area contributed by atoms with Gasteiger partial charge >= 0.3 is 0 Å². The maximum absolute atomic E-state index is 8.83. The fraction of sp³-hybridized carbons (Fsp3) is 0.571. The maximum atomic E-state index is 8.83. The summed E-state index contributed by atoms with van der Waals surface area (Å²) in [5.41, 5.74) is 4.27. The molecule has 3 nitrogen and oxygen atoms in total. The van der Waals surface area contributed by atoms with Crippen molar-refractivity contribution >= 4 is 5.69 Å². The van der Waals surface area contributed by atoms with E-state index < -0.39 is 0 Å². The van der Waals surface area contributed by atoms with Crippen LogP contribution in [0.4, 0.5) is 5.69 Å². The summed E-state index contributed by atoms with van der Waals surface area (Å²) in [5.74, 6) is 0. The summed E-state index contributed by atoms with van der Waals surface area (Å²) in [5, 5.41) is 8.83. The van der Waals surface area contributed by atoms with Crippen molar-refractivity contribution < 1.29 is 5.21 Å². The highest BCUT2D eigenvalue weighted by Crippen LogP contribution is 2.13. The van der Waals surface area contributed by atoms with Crippen LogP contribution in [-0.4, -0.2) is 29.7 Å². The normalized spacial score (nSPS) is 17.0. The molecule has 17 heavy (non-hydrogen) atoms. The molecule has 0 unspecified atom stereocenters. The number of nitrogens with one attached hydrogen (secondary N) is 1. The molecule has 3 heteroatoms. The van der Waals surface area contributed by atoms with Crippen LogP contribution in [0.3, 0.4) is 0 Å². The summed E-state index contributed by atoms with van der Waals surface area (Å²) >= 11 is 0. The molecule has 0 amide bonds. The predicted molar refractivity (Wildman–Crippen MR) is 70.5 cm³/mol. The minimum Gasteiger partial charge on any atom is -0.303 e. The molecular formula is C14H22N2O. The van der Waals surface area contributed by atoms with Gasteiger partial charge < -0.3 is 4.90 Å². The molecule has 94 valence electrons. The fourth-order valence-electron chi connectivity index (χ4n) is 2.49. The highest BCUT2D eigenvalue weighted by atomic mass is 16.5. The zero-order chi connectivity index (χ0) is 11.9. The van der Waals surface area contributed by atoms with Crippen molar-refractivity contribution in [2.75, 3.05) is 25.1 Å². The topological polar surface area (TPSA) is 35.5 Å². The molecule has 1 aliphatic rings. The predicted octanol–water partition coefficient (Wildman–Crippen LogP) is 2.91. The van der Waals surface area contributed by atoms with Crippen LogP contribution in [0, 0.1) is 0 Å². The molecule has 0 aromatic heterocycles. The number of piperidine rings is 1. The molecule has 1 aromatic carbocycles. The van der Waals surface area contributed by atoms with Crippen molar-refractivity contribution in [1.82, 2.24) is 4.90 Å². The molecule has 2 N–H and O–H groups in total. The van der Waals surface area contributed by atoms with E-state index in [2.05, 4.69) is 16.4 Å². The zero-order valence-corrected chi connectivity index (χ0v) is 10.4. The van der Waals surface area contributed by atoms with Gasteiger partial charge in [-0.2, -0.15) is 0 Å². The van der Waals surface area contributed by atoms with Crippen molar-refractivity contribution in [2.45, 2.75) is 32.1 Å². The van der Waals surface area contributed by atoms with Crippen molar-refractivity contribution in [3.8, 4) is 0 Å². The number of likely N-dealkylation sites (tertiary alicyclic amines) is 1. The van der Waals surface area contributed by atoms with E-state index in [1.54, 1.807) is 0 Å². The van der Waals surface area contributed by atoms with Gasteiger partial charge in [0.2, 0.25) is 0 Å². The van der Waals surface area contributed by atoms with Crippen LogP contribution in [0.25, 0.3) is 0 Å². The highest BCUT2D eigenvalue weighted by molar-refractivity contribution is 5.43. The number of benzene rings is 1. The first kappa shape index (κ1) is 12.4. The molecule has 0 bridgehead atoms. The van der Waals surface area contributed by atoms with Gasteiger partial charge in [-0.3, -0.25) is 10.7 Å². The Kier molecular flexibility index (Phi) is 4.83. The van der Waals surface area contributed by atoms with Gasteiger partial charge in [0, 0.05) is 0 Å². The molecule has 0 radical (unpaired) electrons. The summed E-state index contributed by atoms with van der Waals surface area (Å²) in [4.78, 5) is 2.57. The van der Waals surface area contributed by atoms with E-state index in [4.69, 9.17) is 5.21 Å². The highest BCUT2D eigenvalue weighted by Gasteiger charge is 2.08. The number of hydrogen-bond acceptors (Lipinski definition) is 3. The lowest BCUT2D eigenvalue weighted by molar-refractivity contribution is 0.226. The van der Waals surface area contributed by atoms with Gasteiger partial charge in [-0.15, -0.1) is 0 Å². The molecule has 0 spiro atoms. The van der Waals surface area contributed by atoms with Crippen LogP contribution < -0.4 is 5.48 Å². The van der Waals surface area contributed by atoms with E-state index in [-0.39, 0.29) is 0 Å². The van der Waals surface area contributed by atoms with E-state index in [0.29, 0.717) is 0 Å². The SMILES string of the molecule is ONc1cccc(CCCN2CCCCC2)c1. The second kappa shape index (κ2) is 6.62. The van der Waals surface area contributed by atoms with Crippen LogP contribution in [0.1, 0.15) is 31.2 Å². The van der Waals surface area contributed by atoms with Crippen LogP contribution in [0.15, 0.2) is 24.3 Å². The Bertz CT molecular complexity index is 335. The molecule has 1 aliphatic heterocycles. The Labute approximate surface area is 103 Å². The summed E-state index contributed by atoms with van der Waals surface area (Å²) in [6, 6.07) is 7.98. The minimum atomic E-state index is 0.778. The van der Waals surface area contributed by atoms with E-state index in [1.165, 1.54) is 50.9 Å². The summed E-state index contributed by atoms with van der Waals surface area (Å²) in [6.45, 7) is 3.76. The third kappa shape index (κ3) is 4.02. The number of anilines is 1. The summed E-state index contributed by atoms with van der Waals surface area (Å²) in [7, 11) is 0. The van der Waals surface area contributed by atoms with E-state index in [1.807, 2.05) is 18.2 Å². The molecule has 2 rings (SSSR count). The Morgan fingerprint density at radius 1 is 1.18 bits per heavy atom. The van der Waals surface area contributed by atoms with Crippen molar-refractivity contribution in [3.05, 3.63) is 29.8 Å². The number of rotatable bonds is 5. The van der Waals surface area contributed by atoms with Crippen LogP contribution in [-0.2, 0) is 6.42 Å². The molecule has 0 atom stereocenters. The molecule has 0 saturated carbocycles. The fourth-order valence-corrected chi connectivity index (χ4v) is 2.49. The standard InChI is InChI=1S/C14H22N2O/c17-15-14-8-4-6-13(12-14)7-5-11-16-9-2-1-3-10-16/h4,6,8,12,15,17H,1-3,5,7,9-11H2. The Balaban J connectivity index is 1.73. The van der Waals surface area contributed by atoms with Gasteiger partial charge in [0.1, 0.15) is 0 Å². The first-order chi connectivity index (χ1) is 8.38. The number of hydrogen-bond donors (Lipinski definition) is 2. The lowest BCUT2D eigenvalue weighted by atomic mass is 10.1. The van der Waals surface area contributed by atoms with Crippen molar-refractivity contribution in [1.29, 1.82) is 0 Å². The first-order valence-electron chi connectivity index (χ1n) is 6.60. The molecular weight excluding hydrogens is 212 g/mol. The van der Waals surface area contributed by atoms with Gasteiger partial charge in [0.15, 0.2) is 0 Å². The van der Waals surface area contributed by atoms with Crippen molar-refractivity contribution in [3.63, 3.8) is 0 Å². The molecule has 1 heterocycles. The monoisotopic (exact) mass is 234 g/mol. The molecule has 1 fully saturated rings. The quantitative estimate of drug-likeness (QED) is 0.769. The zero-order valence-electron chi connectivity index (χ0n) is 10.4. The van der Waals surface area contributed by atoms with Crippen LogP contribution in [0.5, 0.6) is 0 Å². The van der Waals surface area contributed by atoms with Gasteiger partial charge in [0.25, 0.3) is 0 Å². The van der Waals surface area contributed by atoms with Crippen molar-refractivity contribution in [2.24, 2.45) is 0 Å². The third-order valence-electron chi connectivity index (χ3n) is 3.44. The average molecular weight is 234 g/mol. The van der Waals surface area contributed by atoms with Crippen LogP contribution >= 0.6 is 0 Å². The molecule has 1 saturated heterocycles. The van der Waals surface area contributed by atoms with Gasteiger partial charge in [0.05, 0.1) is 5.69 Å². The number of nitrogens with zero attached hydrogens (tertiary/aromatic N) is 1. The molecule has 1 aromatic rings. The Morgan fingerprint density at radius 3 is 2.76 bits per heavy atom. The van der Waals surface area contributed by atoms with Gasteiger partial charge in [-0.1, -0.05) is 18.6 Å².